The number of nitro groups is 1. The van der Waals surface area contributed by atoms with Crippen molar-refractivity contribution in [2.75, 3.05) is 0 Å². The SMILES string of the molecule is NNC(=O)C(Cc1ccccc1)n1ccc(-c2cc(Cl)ccc2[N+](=O)[O-])cc1=O. The van der Waals surface area contributed by atoms with E-state index in [-0.39, 0.29) is 17.7 Å². The van der Waals surface area contributed by atoms with Gasteiger partial charge in [0.1, 0.15) is 6.04 Å². The molecule has 29 heavy (non-hydrogen) atoms. The molecule has 0 radical (unpaired) electrons. The molecule has 148 valence electrons. The minimum absolute atomic E-state index is 0.174. The average molecular weight is 413 g/mol. The van der Waals surface area contributed by atoms with E-state index in [2.05, 4.69) is 5.43 Å². The number of benzene rings is 2. The third-order valence-corrected chi connectivity index (χ3v) is 4.70. The van der Waals surface area contributed by atoms with Crippen LogP contribution in [-0.4, -0.2) is 15.4 Å². The van der Waals surface area contributed by atoms with Gasteiger partial charge in [0.05, 0.1) is 10.5 Å². The van der Waals surface area contributed by atoms with Gasteiger partial charge in [0.25, 0.3) is 17.2 Å². The van der Waals surface area contributed by atoms with Gasteiger partial charge >= 0.3 is 0 Å². The molecule has 3 aromatic rings. The van der Waals surface area contributed by atoms with E-state index < -0.39 is 22.4 Å². The van der Waals surface area contributed by atoms with Crippen LogP contribution in [0.15, 0.2) is 71.7 Å². The number of pyridine rings is 1. The van der Waals surface area contributed by atoms with E-state index in [1.807, 2.05) is 30.3 Å². The second-order valence-corrected chi connectivity index (χ2v) is 6.73. The van der Waals surface area contributed by atoms with Gasteiger partial charge in [-0.1, -0.05) is 41.9 Å². The van der Waals surface area contributed by atoms with Crippen LogP contribution in [0.5, 0.6) is 0 Å². The molecule has 0 spiro atoms. The Morgan fingerprint density at radius 2 is 1.90 bits per heavy atom. The van der Waals surface area contributed by atoms with Gasteiger partial charge < -0.3 is 4.57 Å². The van der Waals surface area contributed by atoms with E-state index in [1.54, 1.807) is 0 Å². The zero-order valence-electron chi connectivity index (χ0n) is 15.1. The number of aromatic nitrogens is 1. The Balaban J connectivity index is 2.04. The number of rotatable bonds is 6. The smallest absolute Gasteiger partial charge is 0.277 e. The van der Waals surface area contributed by atoms with Crippen molar-refractivity contribution in [3.05, 3.63) is 97.9 Å². The van der Waals surface area contributed by atoms with Gasteiger partial charge in [0.2, 0.25) is 0 Å². The molecular formula is C20H17ClN4O4. The molecule has 1 unspecified atom stereocenters. The summed E-state index contributed by atoms with van der Waals surface area (Å²) in [5.41, 5.74) is 2.80. The number of nitrogens with one attached hydrogen (secondary N) is 1. The second kappa shape index (κ2) is 8.68. The van der Waals surface area contributed by atoms with Crippen LogP contribution < -0.4 is 16.8 Å². The lowest BCUT2D eigenvalue weighted by Gasteiger charge is -2.19. The lowest BCUT2D eigenvalue weighted by molar-refractivity contribution is -0.384. The van der Waals surface area contributed by atoms with Crippen molar-refractivity contribution >= 4 is 23.2 Å². The van der Waals surface area contributed by atoms with Crippen LogP contribution in [0.25, 0.3) is 11.1 Å². The van der Waals surface area contributed by atoms with E-state index in [0.29, 0.717) is 10.6 Å². The van der Waals surface area contributed by atoms with Crippen molar-refractivity contribution < 1.29 is 9.72 Å². The number of hydrogen-bond acceptors (Lipinski definition) is 5. The maximum Gasteiger partial charge on any atom is 0.277 e. The number of carbonyl (C=O) groups is 1. The topological polar surface area (TPSA) is 120 Å². The van der Waals surface area contributed by atoms with Gasteiger partial charge in [-0.05, 0) is 29.3 Å². The largest absolute Gasteiger partial charge is 0.303 e. The van der Waals surface area contributed by atoms with E-state index in [9.17, 15) is 19.7 Å². The molecule has 0 aliphatic rings. The minimum atomic E-state index is -0.877. The van der Waals surface area contributed by atoms with Gasteiger partial charge in [-0.25, -0.2) is 5.84 Å². The van der Waals surface area contributed by atoms with Crippen LogP contribution in [0.4, 0.5) is 5.69 Å². The van der Waals surface area contributed by atoms with E-state index >= 15 is 0 Å². The lowest BCUT2D eigenvalue weighted by atomic mass is 10.0. The molecule has 0 saturated carbocycles. The Bertz CT molecular complexity index is 1110. The first-order valence-electron chi connectivity index (χ1n) is 8.61. The van der Waals surface area contributed by atoms with Crippen LogP contribution in [0.1, 0.15) is 11.6 Å². The molecule has 1 amide bonds. The van der Waals surface area contributed by atoms with Crippen LogP contribution in [0.3, 0.4) is 0 Å². The fourth-order valence-corrected chi connectivity index (χ4v) is 3.24. The number of hydrogen-bond donors (Lipinski definition) is 2. The van der Waals surface area contributed by atoms with Gasteiger partial charge in [-0.15, -0.1) is 0 Å². The van der Waals surface area contributed by atoms with Crippen molar-refractivity contribution in [1.29, 1.82) is 0 Å². The Morgan fingerprint density at radius 3 is 2.52 bits per heavy atom. The molecule has 1 aromatic heterocycles. The molecule has 1 atom stereocenters. The first-order valence-corrected chi connectivity index (χ1v) is 8.99. The maximum atomic E-state index is 12.8. The van der Waals surface area contributed by atoms with Gasteiger partial charge in [0, 0.05) is 29.8 Å². The quantitative estimate of drug-likeness (QED) is 0.279. The standard InChI is InChI=1S/C20H17ClN4O4/c21-15-6-7-17(25(28)29)16(12-15)14-8-9-24(19(26)11-14)18(20(27)23-22)10-13-4-2-1-3-5-13/h1-9,11-12,18H,10,22H2,(H,23,27). The summed E-state index contributed by atoms with van der Waals surface area (Å²) >= 11 is 5.97. The Labute approximate surface area is 170 Å². The number of hydrazine groups is 1. The highest BCUT2D eigenvalue weighted by Gasteiger charge is 2.22. The van der Waals surface area contributed by atoms with Crippen molar-refractivity contribution in [2.45, 2.75) is 12.5 Å². The van der Waals surface area contributed by atoms with Crippen LogP contribution in [0.2, 0.25) is 5.02 Å². The summed E-state index contributed by atoms with van der Waals surface area (Å²) in [6.45, 7) is 0. The second-order valence-electron chi connectivity index (χ2n) is 6.29. The lowest BCUT2D eigenvalue weighted by Crippen LogP contribution is -2.41. The molecule has 8 nitrogen and oxygen atoms in total. The molecule has 3 N–H and O–H groups in total. The Kier molecular flexibility index (Phi) is 6.06. The normalized spacial score (nSPS) is 11.7. The third kappa shape index (κ3) is 4.50. The van der Waals surface area contributed by atoms with Gasteiger partial charge in [-0.2, -0.15) is 0 Å². The molecule has 2 aromatic carbocycles. The zero-order valence-corrected chi connectivity index (χ0v) is 15.9. The van der Waals surface area contributed by atoms with Crippen molar-refractivity contribution in [3.63, 3.8) is 0 Å². The van der Waals surface area contributed by atoms with E-state index in [4.69, 9.17) is 17.4 Å². The number of nitrogens with two attached hydrogens (primary N) is 1. The highest BCUT2D eigenvalue weighted by atomic mass is 35.5. The Hall–Kier alpha value is -3.49. The number of amides is 1. The van der Waals surface area contributed by atoms with Gasteiger partial charge in [0.15, 0.2) is 0 Å². The summed E-state index contributed by atoms with van der Waals surface area (Å²) in [6.07, 6.45) is 1.67. The zero-order chi connectivity index (χ0) is 21.0. The predicted molar refractivity (Wildman–Crippen MR) is 109 cm³/mol. The summed E-state index contributed by atoms with van der Waals surface area (Å²) in [5, 5.41) is 11.6. The summed E-state index contributed by atoms with van der Waals surface area (Å²) in [4.78, 5) is 35.8. The summed E-state index contributed by atoms with van der Waals surface area (Å²) in [6, 6.07) is 15.2. The fraction of sp³-hybridized carbons (Fsp3) is 0.100. The Morgan fingerprint density at radius 1 is 1.17 bits per heavy atom. The molecule has 1 heterocycles. The maximum absolute atomic E-state index is 12.8. The van der Waals surface area contributed by atoms with Crippen molar-refractivity contribution in [3.8, 4) is 11.1 Å². The minimum Gasteiger partial charge on any atom is -0.303 e. The van der Waals surface area contributed by atoms with Crippen LogP contribution >= 0.6 is 11.6 Å². The monoisotopic (exact) mass is 412 g/mol. The highest BCUT2D eigenvalue weighted by molar-refractivity contribution is 6.31. The molecule has 0 aliphatic heterocycles. The van der Waals surface area contributed by atoms with Gasteiger partial charge in [-0.3, -0.25) is 25.1 Å². The van der Waals surface area contributed by atoms with E-state index in [0.717, 1.165) is 5.56 Å². The fourth-order valence-electron chi connectivity index (χ4n) is 3.06. The molecular weight excluding hydrogens is 396 g/mol. The van der Waals surface area contributed by atoms with Crippen LogP contribution in [0, 0.1) is 10.1 Å². The number of nitrogens with zero attached hydrogens (tertiary/aromatic N) is 2. The first-order chi connectivity index (χ1) is 13.9. The molecule has 0 bridgehead atoms. The average Bonchev–Trinajstić information content (AvgIpc) is 2.72. The molecule has 3 rings (SSSR count). The van der Waals surface area contributed by atoms with E-state index in [1.165, 1.54) is 41.1 Å². The number of halogens is 1. The number of carbonyl (C=O) groups excluding carboxylic acids is 1. The molecule has 0 aliphatic carbocycles. The first kappa shape index (κ1) is 20.2. The molecule has 0 fully saturated rings. The van der Waals surface area contributed by atoms with Crippen molar-refractivity contribution in [1.82, 2.24) is 9.99 Å². The summed E-state index contributed by atoms with van der Waals surface area (Å²) < 4.78 is 1.25. The molecule has 9 heteroatoms. The number of nitro benzene ring substituents is 1. The van der Waals surface area contributed by atoms with Crippen LogP contribution in [-0.2, 0) is 11.2 Å². The summed E-state index contributed by atoms with van der Waals surface area (Å²) in [5.74, 6) is 4.77. The summed E-state index contributed by atoms with van der Waals surface area (Å²) in [7, 11) is 0. The molecule has 0 saturated heterocycles. The third-order valence-electron chi connectivity index (χ3n) is 4.47. The highest BCUT2D eigenvalue weighted by Crippen LogP contribution is 2.31. The predicted octanol–water partition coefficient (Wildman–Crippen LogP) is 2.85. The van der Waals surface area contributed by atoms with Crippen molar-refractivity contribution in [2.24, 2.45) is 5.84 Å².